The van der Waals surface area contributed by atoms with E-state index in [0.717, 1.165) is 6.54 Å². The van der Waals surface area contributed by atoms with Crippen LogP contribution in [0.15, 0.2) is 24.4 Å². The van der Waals surface area contributed by atoms with Crippen molar-refractivity contribution >= 4 is 0 Å². The van der Waals surface area contributed by atoms with Crippen molar-refractivity contribution in [2.75, 3.05) is 6.54 Å². The molecule has 0 bridgehead atoms. The molecule has 0 amide bonds. The van der Waals surface area contributed by atoms with Crippen LogP contribution in [0.3, 0.4) is 0 Å². The quantitative estimate of drug-likeness (QED) is 0.646. The molecule has 98 valence electrons. The molecule has 0 aromatic carbocycles. The van der Waals surface area contributed by atoms with E-state index in [2.05, 4.69) is 70.9 Å². The summed E-state index contributed by atoms with van der Waals surface area (Å²) in [5.74, 6) is 0. The van der Waals surface area contributed by atoms with E-state index < -0.39 is 0 Å². The summed E-state index contributed by atoms with van der Waals surface area (Å²) in [6, 6.07) is 0.574. The summed E-state index contributed by atoms with van der Waals surface area (Å²) in [5, 5.41) is 0. The highest BCUT2D eigenvalue weighted by Gasteiger charge is 2.34. The molecule has 1 rings (SSSR count). The second-order valence-electron chi connectivity index (χ2n) is 6.39. The summed E-state index contributed by atoms with van der Waals surface area (Å²) >= 11 is 0. The summed E-state index contributed by atoms with van der Waals surface area (Å²) in [5.41, 5.74) is 0.420. The van der Waals surface area contributed by atoms with Crippen molar-refractivity contribution in [3.8, 4) is 0 Å². The zero-order valence-electron chi connectivity index (χ0n) is 12.5. The molecule has 0 spiro atoms. The maximum atomic E-state index is 2.46. The summed E-state index contributed by atoms with van der Waals surface area (Å²) in [7, 11) is 0. The van der Waals surface area contributed by atoms with Crippen molar-refractivity contribution in [3.63, 3.8) is 0 Å². The molecule has 0 N–H and O–H groups in total. The first-order chi connectivity index (χ1) is 7.84. The first-order valence-corrected chi connectivity index (χ1v) is 6.98. The van der Waals surface area contributed by atoms with E-state index in [1.54, 1.807) is 0 Å². The Morgan fingerprint density at radius 1 is 1.18 bits per heavy atom. The van der Waals surface area contributed by atoms with E-state index in [1.807, 2.05) is 0 Å². The molecule has 0 fully saturated rings. The highest BCUT2D eigenvalue weighted by atomic mass is 15.1. The molecule has 1 heterocycles. The molecular formula is C16H29N. The molecule has 1 aliphatic heterocycles. The van der Waals surface area contributed by atoms with Crippen molar-refractivity contribution < 1.29 is 0 Å². The molecule has 2 unspecified atom stereocenters. The van der Waals surface area contributed by atoms with Crippen LogP contribution in [0.1, 0.15) is 54.4 Å². The Hall–Kier alpha value is -0.720. The first kappa shape index (κ1) is 14.3. The van der Waals surface area contributed by atoms with Crippen LogP contribution in [-0.2, 0) is 0 Å². The minimum atomic E-state index is 0.156. The van der Waals surface area contributed by atoms with E-state index in [-0.39, 0.29) is 10.8 Å². The fourth-order valence-corrected chi connectivity index (χ4v) is 2.24. The zero-order valence-corrected chi connectivity index (χ0v) is 12.5. The minimum Gasteiger partial charge on any atom is -0.372 e. The van der Waals surface area contributed by atoms with Crippen LogP contribution in [0.2, 0.25) is 0 Å². The van der Waals surface area contributed by atoms with Crippen LogP contribution in [-0.4, -0.2) is 17.5 Å². The smallest absolute Gasteiger partial charge is 0.0467 e. The van der Waals surface area contributed by atoms with E-state index in [9.17, 15) is 0 Å². The van der Waals surface area contributed by atoms with Gasteiger partial charge in [0, 0.05) is 18.0 Å². The second kappa shape index (κ2) is 5.29. The lowest BCUT2D eigenvalue weighted by molar-refractivity contribution is 0.227. The third-order valence-electron chi connectivity index (χ3n) is 4.27. The number of likely N-dealkylation sites (N-methyl/N-ethyl adjacent to an activating group) is 1. The predicted octanol–water partition coefficient (Wildman–Crippen LogP) is 4.61. The molecular weight excluding hydrogens is 206 g/mol. The Kier molecular flexibility index (Phi) is 4.46. The van der Waals surface area contributed by atoms with E-state index in [4.69, 9.17) is 0 Å². The van der Waals surface area contributed by atoms with Crippen molar-refractivity contribution in [2.24, 2.45) is 10.8 Å². The Balaban J connectivity index is 3.00. The van der Waals surface area contributed by atoms with Crippen molar-refractivity contribution in [1.29, 1.82) is 0 Å². The average molecular weight is 235 g/mol. The van der Waals surface area contributed by atoms with E-state index in [0.29, 0.717) is 6.04 Å². The van der Waals surface area contributed by atoms with E-state index >= 15 is 0 Å². The molecule has 1 aliphatic rings. The lowest BCUT2D eigenvalue weighted by atomic mass is 9.68. The molecule has 0 aromatic rings. The second-order valence-corrected chi connectivity index (χ2v) is 6.39. The van der Waals surface area contributed by atoms with Gasteiger partial charge in [0.25, 0.3) is 0 Å². The summed E-state index contributed by atoms with van der Waals surface area (Å²) in [4.78, 5) is 2.46. The molecule has 0 saturated carbocycles. The van der Waals surface area contributed by atoms with Gasteiger partial charge in [0.15, 0.2) is 0 Å². The Morgan fingerprint density at radius 3 is 2.29 bits per heavy atom. The van der Waals surface area contributed by atoms with Gasteiger partial charge in [-0.2, -0.15) is 0 Å². The fourth-order valence-electron chi connectivity index (χ4n) is 2.24. The molecule has 0 aromatic heterocycles. The highest BCUT2D eigenvalue weighted by molar-refractivity contribution is 5.19. The SMILES string of the molecule is CCCC1C=CC(C)(C(C)(C)C)C=CN1CC. The number of hydrogen-bond donors (Lipinski definition) is 0. The summed E-state index contributed by atoms with van der Waals surface area (Å²) in [6.45, 7) is 14.9. The highest BCUT2D eigenvalue weighted by Crippen LogP contribution is 2.42. The van der Waals surface area contributed by atoms with Crippen molar-refractivity contribution in [3.05, 3.63) is 24.4 Å². The molecule has 2 atom stereocenters. The average Bonchev–Trinajstić information content (AvgIpc) is 2.39. The first-order valence-electron chi connectivity index (χ1n) is 6.98. The lowest BCUT2D eigenvalue weighted by Crippen LogP contribution is -2.28. The number of hydrogen-bond acceptors (Lipinski definition) is 1. The van der Waals surface area contributed by atoms with Gasteiger partial charge < -0.3 is 4.90 Å². The predicted molar refractivity (Wildman–Crippen MR) is 76.9 cm³/mol. The van der Waals surface area contributed by atoms with Crippen LogP contribution < -0.4 is 0 Å². The van der Waals surface area contributed by atoms with Crippen LogP contribution in [0.4, 0.5) is 0 Å². The van der Waals surface area contributed by atoms with Crippen molar-refractivity contribution in [1.82, 2.24) is 4.90 Å². The largest absolute Gasteiger partial charge is 0.372 e. The maximum Gasteiger partial charge on any atom is 0.0467 e. The molecule has 0 aliphatic carbocycles. The van der Waals surface area contributed by atoms with Crippen LogP contribution in [0.5, 0.6) is 0 Å². The van der Waals surface area contributed by atoms with E-state index in [1.165, 1.54) is 12.8 Å². The third-order valence-corrected chi connectivity index (χ3v) is 4.27. The van der Waals surface area contributed by atoms with Crippen LogP contribution in [0, 0.1) is 10.8 Å². The normalized spacial score (nSPS) is 29.5. The fraction of sp³-hybridized carbons (Fsp3) is 0.750. The number of nitrogens with zero attached hydrogens (tertiary/aromatic N) is 1. The number of allylic oxidation sites excluding steroid dienone is 2. The van der Waals surface area contributed by atoms with Crippen LogP contribution >= 0.6 is 0 Å². The Labute approximate surface area is 108 Å². The van der Waals surface area contributed by atoms with Gasteiger partial charge in [-0.25, -0.2) is 0 Å². The van der Waals surface area contributed by atoms with Gasteiger partial charge in [-0.3, -0.25) is 0 Å². The Morgan fingerprint density at radius 2 is 1.82 bits per heavy atom. The lowest BCUT2D eigenvalue weighted by Gasteiger charge is -2.36. The van der Waals surface area contributed by atoms with Gasteiger partial charge in [-0.15, -0.1) is 0 Å². The zero-order chi connectivity index (χ0) is 13.1. The maximum absolute atomic E-state index is 2.46. The summed E-state index contributed by atoms with van der Waals surface area (Å²) < 4.78 is 0. The van der Waals surface area contributed by atoms with Gasteiger partial charge in [-0.05, 0) is 25.0 Å². The Bertz CT molecular complexity index is 295. The topological polar surface area (TPSA) is 3.24 Å². The van der Waals surface area contributed by atoms with Gasteiger partial charge in [0.1, 0.15) is 0 Å². The molecule has 1 heteroatoms. The van der Waals surface area contributed by atoms with Crippen LogP contribution in [0.25, 0.3) is 0 Å². The van der Waals surface area contributed by atoms with Gasteiger partial charge in [0.05, 0.1) is 0 Å². The van der Waals surface area contributed by atoms with Gasteiger partial charge in [0.2, 0.25) is 0 Å². The molecule has 0 saturated heterocycles. The number of rotatable bonds is 3. The molecule has 1 nitrogen and oxygen atoms in total. The van der Waals surface area contributed by atoms with Gasteiger partial charge >= 0.3 is 0 Å². The minimum absolute atomic E-state index is 0.156. The monoisotopic (exact) mass is 235 g/mol. The standard InChI is InChI=1S/C16H29N/c1-7-9-14-10-11-16(6,15(3,4)5)12-13-17(14)8-2/h10-14H,7-9H2,1-6H3. The third kappa shape index (κ3) is 3.14. The molecule has 0 radical (unpaired) electrons. The van der Waals surface area contributed by atoms with Gasteiger partial charge in [-0.1, -0.05) is 59.3 Å². The van der Waals surface area contributed by atoms with Crippen molar-refractivity contribution in [2.45, 2.75) is 60.4 Å². The molecule has 17 heavy (non-hydrogen) atoms. The summed E-state index contributed by atoms with van der Waals surface area (Å²) in [6.07, 6.45) is 12.0.